The molecule has 0 fully saturated rings. The predicted molar refractivity (Wildman–Crippen MR) is 267 cm³/mol. The maximum Gasteiger partial charge on any atom is 0.472 e. The summed E-state index contributed by atoms with van der Waals surface area (Å²) in [5.41, 5.74) is 0. The van der Waals surface area contributed by atoms with Gasteiger partial charge in [0.25, 0.3) is 0 Å². The molecule has 0 aromatic carbocycles. The van der Waals surface area contributed by atoms with Crippen molar-refractivity contribution in [1.82, 2.24) is 5.32 Å². The quantitative estimate of drug-likeness (QED) is 0.0243. The first-order chi connectivity index (χ1) is 30.0. The number of aliphatic hydroxyl groups excluding tert-OH is 1. The van der Waals surface area contributed by atoms with E-state index in [1.807, 2.05) is 21.1 Å². The van der Waals surface area contributed by atoms with E-state index in [4.69, 9.17) is 9.05 Å². The third-order valence-corrected chi connectivity index (χ3v) is 12.6. The van der Waals surface area contributed by atoms with Gasteiger partial charge in [-0.2, -0.15) is 0 Å². The van der Waals surface area contributed by atoms with Crippen molar-refractivity contribution in [2.75, 3.05) is 40.9 Å². The first-order valence-corrected chi connectivity index (χ1v) is 27.5. The van der Waals surface area contributed by atoms with Gasteiger partial charge < -0.3 is 19.8 Å². The van der Waals surface area contributed by atoms with Gasteiger partial charge >= 0.3 is 7.82 Å². The maximum absolute atomic E-state index is 12.7. The highest BCUT2D eigenvalue weighted by atomic mass is 31.2. The van der Waals surface area contributed by atoms with E-state index >= 15 is 0 Å². The van der Waals surface area contributed by atoms with Crippen molar-refractivity contribution in [1.29, 1.82) is 0 Å². The van der Waals surface area contributed by atoms with Gasteiger partial charge in [-0.3, -0.25) is 13.8 Å². The van der Waals surface area contributed by atoms with Crippen LogP contribution in [0.4, 0.5) is 0 Å². The molecule has 9 heteroatoms. The minimum atomic E-state index is -4.29. The second-order valence-corrected chi connectivity index (χ2v) is 20.3. The van der Waals surface area contributed by atoms with Gasteiger partial charge in [0, 0.05) is 6.42 Å². The van der Waals surface area contributed by atoms with Crippen molar-refractivity contribution >= 4 is 13.7 Å². The van der Waals surface area contributed by atoms with Crippen LogP contribution < -0.4 is 5.32 Å². The van der Waals surface area contributed by atoms with E-state index in [-0.39, 0.29) is 19.1 Å². The highest BCUT2D eigenvalue weighted by Gasteiger charge is 2.28. The average molecular weight is 894 g/mol. The van der Waals surface area contributed by atoms with Gasteiger partial charge in [0.15, 0.2) is 0 Å². The molecule has 364 valence electrons. The zero-order valence-electron chi connectivity index (χ0n) is 41.4. The second kappa shape index (κ2) is 44.7. The van der Waals surface area contributed by atoms with E-state index in [0.717, 1.165) is 64.2 Å². The number of amides is 1. The van der Waals surface area contributed by atoms with Crippen LogP contribution in [-0.2, 0) is 18.4 Å². The summed E-state index contributed by atoms with van der Waals surface area (Å²) in [6.07, 6.45) is 58.5. The summed E-state index contributed by atoms with van der Waals surface area (Å²) in [7, 11) is 1.61. The van der Waals surface area contributed by atoms with Crippen LogP contribution in [0, 0.1) is 0 Å². The Bertz CT molecular complexity index is 1150. The number of nitrogens with one attached hydrogen (secondary N) is 1. The highest BCUT2D eigenvalue weighted by Crippen LogP contribution is 2.43. The van der Waals surface area contributed by atoms with Crippen LogP contribution in [0.5, 0.6) is 0 Å². The monoisotopic (exact) mass is 894 g/mol. The normalized spacial score (nSPS) is 14.5. The molecule has 1 amide bonds. The van der Waals surface area contributed by atoms with Crippen molar-refractivity contribution in [2.45, 2.75) is 244 Å². The number of allylic oxidation sites excluding steroid dienone is 8. The molecule has 8 nitrogen and oxygen atoms in total. The number of unbranched alkanes of at least 4 members (excludes halogenated alkanes) is 26. The Kier molecular flexibility index (Phi) is 43.5. The molecule has 0 aliphatic heterocycles. The lowest BCUT2D eigenvalue weighted by Gasteiger charge is -2.26. The molecule has 0 radical (unpaired) electrons. The van der Waals surface area contributed by atoms with Crippen molar-refractivity contribution in [3.05, 3.63) is 48.6 Å². The van der Waals surface area contributed by atoms with Crippen molar-refractivity contribution in [3.63, 3.8) is 0 Å². The van der Waals surface area contributed by atoms with Crippen LogP contribution in [-0.4, -0.2) is 73.4 Å². The molecule has 0 rings (SSSR count). The SMILES string of the molecule is CC/C=C\C/C=C\C/C=C\C/C=C\CCCCCCCCCCCCCCCCCCCCCCCCCCC(=O)NC(COP(=O)(O)OCC[N+](C)(C)C)C(O)CCCCC. The molecule has 3 N–H and O–H groups in total. The lowest BCUT2D eigenvalue weighted by molar-refractivity contribution is -0.870. The number of phosphoric acid groups is 1. The number of carbonyl (C=O) groups is 1. The molecule has 0 aromatic heterocycles. The summed E-state index contributed by atoms with van der Waals surface area (Å²) in [5.74, 6) is -0.154. The number of phosphoric ester groups is 1. The molecule has 0 bridgehead atoms. The molecule has 0 saturated heterocycles. The number of nitrogens with zero attached hydrogens (tertiary/aromatic N) is 1. The molecular formula is C53H102N2O6P+. The molecule has 0 aromatic rings. The zero-order valence-corrected chi connectivity index (χ0v) is 42.3. The first-order valence-electron chi connectivity index (χ1n) is 26.0. The molecule has 0 saturated carbocycles. The fourth-order valence-electron chi connectivity index (χ4n) is 7.51. The van der Waals surface area contributed by atoms with Gasteiger partial charge in [-0.15, -0.1) is 0 Å². The number of hydrogen-bond donors (Lipinski definition) is 3. The minimum Gasteiger partial charge on any atom is -0.391 e. The summed E-state index contributed by atoms with van der Waals surface area (Å²) in [6.45, 7) is 4.62. The van der Waals surface area contributed by atoms with E-state index in [1.165, 1.54) is 141 Å². The molecule has 0 heterocycles. The molecule has 3 unspecified atom stereocenters. The van der Waals surface area contributed by atoms with Crippen LogP contribution in [0.15, 0.2) is 48.6 Å². The number of carbonyl (C=O) groups excluding carboxylic acids is 1. The topological polar surface area (TPSA) is 105 Å². The van der Waals surface area contributed by atoms with Gasteiger partial charge in [0.1, 0.15) is 13.2 Å². The Hall–Kier alpha value is -1.54. The standard InChI is InChI=1S/C53H101N2O6P/c1-6-8-10-11-12-13-14-15-16-17-18-19-20-21-22-23-24-25-26-27-28-29-30-31-32-33-34-35-36-37-38-39-40-41-42-43-45-47-53(57)54-51(52(56)46-44-9-7-2)50-61-62(58,59)60-49-48-55(3,4)5/h8,10,12-13,15-16,18-19,51-52,56H,6-7,9,11,14,17,20-50H2,1-5H3,(H-,54,57,58,59)/p+1/b10-8-,13-12-,16-15-,19-18-. The van der Waals surface area contributed by atoms with Crippen molar-refractivity contribution in [2.24, 2.45) is 0 Å². The van der Waals surface area contributed by atoms with Crippen molar-refractivity contribution < 1.29 is 32.9 Å². The Balaban J connectivity index is 3.63. The van der Waals surface area contributed by atoms with Gasteiger partial charge in [-0.1, -0.05) is 223 Å². The zero-order chi connectivity index (χ0) is 45.7. The van der Waals surface area contributed by atoms with Gasteiger partial charge in [0.2, 0.25) is 5.91 Å². The Morgan fingerprint density at radius 3 is 1.39 bits per heavy atom. The van der Waals surface area contributed by atoms with Gasteiger partial charge in [-0.05, 0) is 51.4 Å². The molecule has 0 aliphatic carbocycles. The van der Waals surface area contributed by atoms with Crippen LogP contribution in [0.25, 0.3) is 0 Å². The third-order valence-electron chi connectivity index (χ3n) is 11.6. The Morgan fingerprint density at radius 1 is 0.565 bits per heavy atom. The molecule has 0 aliphatic rings. The van der Waals surface area contributed by atoms with E-state index in [1.54, 1.807) is 0 Å². The summed E-state index contributed by atoms with van der Waals surface area (Å²) in [4.78, 5) is 22.9. The summed E-state index contributed by atoms with van der Waals surface area (Å²) in [5, 5.41) is 13.6. The first kappa shape index (κ1) is 60.5. The Morgan fingerprint density at radius 2 is 0.968 bits per heavy atom. The highest BCUT2D eigenvalue weighted by molar-refractivity contribution is 7.47. The number of aliphatic hydroxyl groups is 1. The fourth-order valence-corrected chi connectivity index (χ4v) is 8.24. The summed E-state index contributed by atoms with van der Waals surface area (Å²) >= 11 is 0. The summed E-state index contributed by atoms with van der Waals surface area (Å²) in [6, 6.07) is -0.754. The van der Waals surface area contributed by atoms with E-state index in [9.17, 15) is 19.4 Å². The van der Waals surface area contributed by atoms with Crippen LogP contribution >= 0.6 is 7.82 Å². The third kappa shape index (κ3) is 46.5. The second-order valence-electron chi connectivity index (χ2n) is 18.9. The largest absolute Gasteiger partial charge is 0.472 e. The smallest absolute Gasteiger partial charge is 0.391 e. The Labute approximate surface area is 384 Å². The number of likely N-dealkylation sites (N-methyl/N-ethyl adjacent to an activating group) is 1. The molecule has 62 heavy (non-hydrogen) atoms. The number of rotatable bonds is 47. The molecule has 3 atom stereocenters. The van der Waals surface area contributed by atoms with Crippen LogP contribution in [0.3, 0.4) is 0 Å². The number of quaternary nitrogens is 1. The van der Waals surface area contributed by atoms with Crippen molar-refractivity contribution in [3.8, 4) is 0 Å². The van der Waals surface area contributed by atoms with Crippen LogP contribution in [0.2, 0.25) is 0 Å². The minimum absolute atomic E-state index is 0.0740. The summed E-state index contributed by atoms with van der Waals surface area (Å²) < 4.78 is 23.3. The van der Waals surface area contributed by atoms with E-state index in [0.29, 0.717) is 23.9 Å². The number of hydrogen-bond acceptors (Lipinski definition) is 5. The van der Waals surface area contributed by atoms with Crippen LogP contribution in [0.1, 0.15) is 232 Å². The molecular weight excluding hydrogens is 792 g/mol. The van der Waals surface area contributed by atoms with Gasteiger partial charge in [0.05, 0.1) is 39.9 Å². The van der Waals surface area contributed by atoms with E-state index < -0.39 is 20.0 Å². The molecule has 0 spiro atoms. The van der Waals surface area contributed by atoms with E-state index in [2.05, 4.69) is 67.8 Å². The predicted octanol–water partition coefficient (Wildman–Crippen LogP) is 15.2. The maximum atomic E-state index is 12.7. The average Bonchev–Trinajstić information content (AvgIpc) is 3.23. The lowest BCUT2D eigenvalue weighted by Crippen LogP contribution is -2.46. The fraction of sp³-hybridized carbons (Fsp3) is 0.830. The lowest BCUT2D eigenvalue weighted by atomic mass is 10.0. The van der Waals surface area contributed by atoms with Gasteiger partial charge in [-0.25, -0.2) is 4.57 Å².